The van der Waals surface area contributed by atoms with Gasteiger partial charge in [0.25, 0.3) is 0 Å². The molecule has 0 spiro atoms. The van der Waals surface area contributed by atoms with Crippen molar-refractivity contribution >= 4 is 11.6 Å². The second-order valence-corrected chi connectivity index (χ2v) is 4.54. The highest BCUT2D eigenvalue weighted by Crippen LogP contribution is 2.17. The Morgan fingerprint density at radius 2 is 1.75 bits per heavy atom. The highest BCUT2D eigenvalue weighted by molar-refractivity contribution is 6.30. The highest BCUT2D eigenvalue weighted by atomic mass is 35.5. The number of unbranched alkanes of at least 4 members (excludes halogenated alkanes) is 1. The average molecular weight is 243 g/mol. The molecule has 0 unspecified atom stereocenters. The maximum Gasteiger partial charge on any atom is 0.0462 e. The van der Waals surface area contributed by atoms with Crippen molar-refractivity contribution in [3.05, 3.63) is 34.9 Å². The molecule has 0 bridgehead atoms. The molecule has 0 saturated carbocycles. The molecule has 2 nitrogen and oxygen atoms in total. The number of benzene rings is 1. The number of aliphatic hydroxyl groups is 2. The molecule has 1 rings (SSSR count). The lowest BCUT2D eigenvalue weighted by Crippen LogP contribution is -2.09. The molecule has 0 saturated heterocycles. The van der Waals surface area contributed by atoms with E-state index in [0.717, 1.165) is 30.7 Å². The van der Waals surface area contributed by atoms with Gasteiger partial charge in [0.05, 0.1) is 0 Å². The minimum atomic E-state index is 0.202. The summed E-state index contributed by atoms with van der Waals surface area (Å²) < 4.78 is 0. The zero-order chi connectivity index (χ0) is 11.8. The van der Waals surface area contributed by atoms with Crippen LogP contribution < -0.4 is 0 Å². The average Bonchev–Trinajstić information content (AvgIpc) is 2.31. The van der Waals surface area contributed by atoms with Gasteiger partial charge >= 0.3 is 0 Å². The quantitative estimate of drug-likeness (QED) is 0.722. The number of aliphatic hydroxyl groups excluding tert-OH is 2. The maximum absolute atomic E-state index is 9.25. The molecule has 90 valence electrons. The van der Waals surface area contributed by atoms with Gasteiger partial charge in [0.2, 0.25) is 0 Å². The molecule has 0 radical (unpaired) electrons. The number of halogens is 1. The lowest BCUT2D eigenvalue weighted by Gasteiger charge is -2.13. The van der Waals surface area contributed by atoms with Crippen molar-refractivity contribution in [3.63, 3.8) is 0 Å². The molecule has 0 aliphatic heterocycles. The summed E-state index contributed by atoms with van der Waals surface area (Å²) in [6.45, 7) is 0.438. The fraction of sp³-hybridized carbons (Fsp3) is 0.538. The Kier molecular flexibility index (Phi) is 6.46. The topological polar surface area (TPSA) is 40.5 Å². The normalized spacial score (nSPS) is 12.7. The minimum absolute atomic E-state index is 0.202. The molecule has 0 aromatic heterocycles. The molecule has 0 heterocycles. The van der Waals surface area contributed by atoms with E-state index in [2.05, 4.69) is 0 Å². The first-order chi connectivity index (χ1) is 7.76. The van der Waals surface area contributed by atoms with Gasteiger partial charge in [-0.25, -0.2) is 0 Å². The monoisotopic (exact) mass is 242 g/mol. The third kappa shape index (κ3) is 4.97. The van der Waals surface area contributed by atoms with Crippen molar-refractivity contribution < 1.29 is 10.2 Å². The Hall–Kier alpha value is -0.570. The van der Waals surface area contributed by atoms with E-state index in [1.807, 2.05) is 24.3 Å². The van der Waals surface area contributed by atoms with E-state index in [1.54, 1.807) is 0 Å². The Bertz CT molecular complexity index is 284. The van der Waals surface area contributed by atoms with Crippen LogP contribution in [0.4, 0.5) is 0 Å². The van der Waals surface area contributed by atoms with Gasteiger partial charge in [-0.1, -0.05) is 30.2 Å². The van der Waals surface area contributed by atoms with Crippen LogP contribution in [0.1, 0.15) is 24.8 Å². The fourth-order valence-corrected chi connectivity index (χ4v) is 1.88. The van der Waals surface area contributed by atoms with Crippen molar-refractivity contribution in [1.29, 1.82) is 0 Å². The van der Waals surface area contributed by atoms with Crippen LogP contribution >= 0.6 is 11.6 Å². The van der Waals surface area contributed by atoms with Crippen molar-refractivity contribution in [3.8, 4) is 0 Å². The molecule has 2 N–H and O–H groups in total. The molecule has 1 atom stereocenters. The summed E-state index contributed by atoms with van der Waals surface area (Å²) in [5.41, 5.74) is 1.20. The zero-order valence-corrected chi connectivity index (χ0v) is 10.2. The first kappa shape index (κ1) is 13.5. The van der Waals surface area contributed by atoms with E-state index < -0.39 is 0 Å². The van der Waals surface area contributed by atoms with Crippen molar-refractivity contribution in [2.75, 3.05) is 13.2 Å². The molecule has 0 fully saturated rings. The van der Waals surface area contributed by atoms with E-state index in [0.29, 0.717) is 0 Å². The minimum Gasteiger partial charge on any atom is -0.396 e. The lowest BCUT2D eigenvalue weighted by molar-refractivity contribution is 0.209. The second kappa shape index (κ2) is 7.66. The zero-order valence-electron chi connectivity index (χ0n) is 9.40. The van der Waals surface area contributed by atoms with Gasteiger partial charge in [0, 0.05) is 18.2 Å². The molecule has 3 heteroatoms. The predicted octanol–water partition coefficient (Wildman–Crippen LogP) is 2.65. The second-order valence-electron chi connectivity index (χ2n) is 4.10. The molecular formula is C13H19ClO2. The first-order valence-electron chi connectivity index (χ1n) is 5.72. The van der Waals surface area contributed by atoms with Gasteiger partial charge < -0.3 is 10.2 Å². The Morgan fingerprint density at radius 1 is 1.06 bits per heavy atom. The summed E-state index contributed by atoms with van der Waals surface area (Å²) in [7, 11) is 0. The smallest absolute Gasteiger partial charge is 0.0462 e. The van der Waals surface area contributed by atoms with Crippen LogP contribution in [0.15, 0.2) is 24.3 Å². The number of hydrogen-bond donors (Lipinski definition) is 2. The van der Waals surface area contributed by atoms with Gasteiger partial charge in [-0.2, -0.15) is 0 Å². The predicted molar refractivity (Wildman–Crippen MR) is 66.7 cm³/mol. The summed E-state index contributed by atoms with van der Waals surface area (Å²) >= 11 is 5.81. The lowest BCUT2D eigenvalue weighted by atomic mass is 9.95. The third-order valence-corrected chi connectivity index (χ3v) is 2.97. The highest BCUT2D eigenvalue weighted by Gasteiger charge is 2.08. The summed E-state index contributed by atoms with van der Waals surface area (Å²) in [6, 6.07) is 7.74. The standard InChI is InChI=1S/C13H19ClO2/c14-13-6-4-11(5-7-13)9-12(10-16)3-1-2-8-15/h4-7,12,15-16H,1-3,8-10H2/t12-/m1/s1. The fourth-order valence-electron chi connectivity index (χ4n) is 1.76. The van der Waals surface area contributed by atoms with Crippen LogP contribution in [-0.4, -0.2) is 23.4 Å². The summed E-state index contributed by atoms with van der Waals surface area (Å²) in [5.74, 6) is 0.285. The molecule has 0 amide bonds. The van der Waals surface area contributed by atoms with E-state index >= 15 is 0 Å². The van der Waals surface area contributed by atoms with Crippen molar-refractivity contribution in [2.24, 2.45) is 5.92 Å². The van der Waals surface area contributed by atoms with E-state index in [-0.39, 0.29) is 19.1 Å². The van der Waals surface area contributed by atoms with Crippen LogP contribution in [0.5, 0.6) is 0 Å². The van der Waals surface area contributed by atoms with Gasteiger partial charge in [-0.05, 0) is 42.9 Å². The van der Waals surface area contributed by atoms with Crippen LogP contribution in [0.2, 0.25) is 5.02 Å². The molecule has 0 aliphatic rings. The van der Waals surface area contributed by atoms with E-state index in [4.69, 9.17) is 16.7 Å². The summed E-state index contributed by atoms with van der Waals surface area (Å²) in [6.07, 6.45) is 3.62. The van der Waals surface area contributed by atoms with E-state index in [9.17, 15) is 5.11 Å². The van der Waals surface area contributed by atoms with Crippen LogP contribution in [0.3, 0.4) is 0 Å². The number of hydrogen-bond acceptors (Lipinski definition) is 2. The third-order valence-electron chi connectivity index (χ3n) is 2.72. The van der Waals surface area contributed by atoms with E-state index in [1.165, 1.54) is 5.56 Å². The SMILES string of the molecule is OCCCC[C@@H](CO)Cc1ccc(Cl)cc1. The van der Waals surface area contributed by atoms with Crippen molar-refractivity contribution in [1.82, 2.24) is 0 Å². The Morgan fingerprint density at radius 3 is 2.31 bits per heavy atom. The van der Waals surface area contributed by atoms with Gasteiger partial charge in [-0.15, -0.1) is 0 Å². The Balaban J connectivity index is 2.40. The molecule has 0 aliphatic carbocycles. The van der Waals surface area contributed by atoms with Gasteiger partial charge in [0.1, 0.15) is 0 Å². The maximum atomic E-state index is 9.25. The Labute approximate surface area is 102 Å². The first-order valence-corrected chi connectivity index (χ1v) is 6.10. The van der Waals surface area contributed by atoms with Crippen molar-refractivity contribution in [2.45, 2.75) is 25.7 Å². The van der Waals surface area contributed by atoms with Gasteiger partial charge in [0.15, 0.2) is 0 Å². The van der Waals surface area contributed by atoms with Gasteiger partial charge in [-0.3, -0.25) is 0 Å². The van der Waals surface area contributed by atoms with Crippen LogP contribution in [0, 0.1) is 5.92 Å². The molecule has 16 heavy (non-hydrogen) atoms. The van der Waals surface area contributed by atoms with Crippen LogP contribution in [-0.2, 0) is 6.42 Å². The molecule has 1 aromatic carbocycles. The van der Waals surface area contributed by atoms with Crippen LogP contribution in [0.25, 0.3) is 0 Å². The number of rotatable bonds is 7. The molecule has 1 aromatic rings. The summed E-state index contributed by atoms with van der Waals surface area (Å²) in [4.78, 5) is 0. The summed E-state index contributed by atoms with van der Waals surface area (Å²) in [5, 5.41) is 18.7. The molecular weight excluding hydrogens is 224 g/mol. The largest absolute Gasteiger partial charge is 0.396 e.